The van der Waals surface area contributed by atoms with E-state index in [1.165, 1.54) is 47.6 Å². The Labute approximate surface area is 458 Å². The van der Waals surface area contributed by atoms with Gasteiger partial charge in [-0.05, 0) is 92.8 Å². The number of alkyl carbamates (subject to hydrolysis) is 1. The van der Waals surface area contributed by atoms with Crippen molar-refractivity contribution >= 4 is 57.5 Å². The number of aromatic nitrogens is 1. The quantitative estimate of drug-likeness (QED) is 0.0376. The molecule has 2 heterocycles. The molecule has 3 aromatic rings. The molecule has 2 bridgehead atoms. The van der Waals surface area contributed by atoms with Crippen LogP contribution >= 0.6 is 21.6 Å². The Morgan fingerprint density at radius 2 is 1.61 bits per heavy atom. The lowest BCUT2D eigenvalue weighted by molar-refractivity contribution is -0.347. The summed E-state index contributed by atoms with van der Waals surface area (Å²) in [7, 11) is 5.73. The van der Waals surface area contributed by atoms with Crippen LogP contribution in [0.3, 0.4) is 0 Å². The topological polar surface area (TPSA) is 225 Å². The number of Topliss-reactive ketones (excluding diaryl/α,β-unsaturated/α-hetero) is 1. The van der Waals surface area contributed by atoms with Gasteiger partial charge in [0.2, 0.25) is 6.10 Å². The molecular weight excluding hydrogens is 1030 g/mol. The summed E-state index contributed by atoms with van der Waals surface area (Å²) >= 11 is 0. The lowest BCUT2D eigenvalue weighted by Crippen LogP contribution is -2.82. The minimum atomic E-state index is -2.30. The summed E-state index contributed by atoms with van der Waals surface area (Å²) in [5.74, 6) is -4.13. The van der Waals surface area contributed by atoms with Gasteiger partial charge in [-0.15, -0.1) is 0 Å². The van der Waals surface area contributed by atoms with Crippen molar-refractivity contribution in [2.24, 2.45) is 16.7 Å². The second-order valence-electron chi connectivity index (χ2n) is 21.8. The summed E-state index contributed by atoms with van der Waals surface area (Å²) in [6.07, 6.45) is -7.44. The van der Waals surface area contributed by atoms with E-state index in [-0.39, 0.29) is 37.3 Å². The van der Waals surface area contributed by atoms with Crippen molar-refractivity contribution < 1.29 is 71.8 Å². The fraction of sp³-hybridized carbons (Fsp3) is 0.561. The SMILES string of the molecule is CCCCN(CCSSc1ccccn1)C(=O)O[C@@H](C(=O)O[C@H]1CC2(O)[C@@H](OC(=O)c3ccccc3)[C@H]3C(C)(C(=O)[C@H](OC)C(=C1C)C2(C)C)C(OC)CC1OC[C@]13OC(C)=O)C(NC(=O)OC(C)(C)C)c1ccccc1. The molecule has 1 aromatic heterocycles. The number of ether oxygens (including phenoxy) is 8. The fourth-order valence-electron chi connectivity index (χ4n) is 11.6. The van der Waals surface area contributed by atoms with E-state index >= 15 is 9.59 Å². The molecule has 7 rings (SSSR count). The van der Waals surface area contributed by atoms with Crippen molar-refractivity contribution in [2.75, 3.05) is 39.7 Å². The van der Waals surface area contributed by atoms with Crippen molar-refractivity contribution in [3.63, 3.8) is 0 Å². The zero-order chi connectivity index (χ0) is 56.1. The Morgan fingerprint density at radius 3 is 2.19 bits per heavy atom. The first kappa shape index (κ1) is 59.2. The Hall–Kier alpha value is -5.51. The van der Waals surface area contributed by atoms with Crippen LogP contribution in [0.15, 0.2) is 101 Å². The lowest BCUT2D eigenvalue weighted by Gasteiger charge is -2.67. The summed E-state index contributed by atoms with van der Waals surface area (Å²) in [4.78, 5) is 93.8. The van der Waals surface area contributed by atoms with Crippen LogP contribution in [0.25, 0.3) is 0 Å². The standard InChI is InChI=1S/C57H73N3O15S2/c1-12-13-28-60(29-30-76-77-41-26-20-21-27-58-41)52(66)72-45(43(36-22-16-14-17-23-36)59-51(65)75-53(4,5)6)50(64)71-38-32-57(67)48(73-49(63)37-24-18-15-19-25-37)46-55(9,47(62)44(69-11)42(34(38)2)54(57,7)8)39(68-10)31-40-56(46,33-70-40)74-35(3)61/h14-27,38-40,43-46,48,67H,12-13,28-33H2,1-11H3,(H,59,65)/t38-,39?,40?,43?,44+,45+,46-,48-,55?,56-,57?/m0/s1. The zero-order valence-electron chi connectivity index (χ0n) is 45.7. The molecule has 3 fully saturated rings. The number of carbonyl (C=O) groups excluding carboxylic acids is 6. The molecule has 3 aliphatic carbocycles. The van der Waals surface area contributed by atoms with Gasteiger partial charge in [0.1, 0.15) is 46.7 Å². The van der Waals surface area contributed by atoms with E-state index in [0.29, 0.717) is 23.3 Å². The minimum absolute atomic E-state index is 0.0945. The van der Waals surface area contributed by atoms with E-state index in [1.807, 2.05) is 25.1 Å². The highest BCUT2D eigenvalue weighted by atomic mass is 33.1. The number of esters is 3. The van der Waals surface area contributed by atoms with Gasteiger partial charge in [-0.2, -0.15) is 0 Å². The number of hydrogen-bond donors (Lipinski definition) is 2. The van der Waals surface area contributed by atoms with E-state index in [0.717, 1.165) is 11.4 Å². The molecule has 1 aliphatic heterocycles. The zero-order valence-corrected chi connectivity index (χ0v) is 47.4. The van der Waals surface area contributed by atoms with Gasteiger partial charge < -0.3 is 53.2 Å². The van der Waals surface area contributed by atoms with E-state index in [4.69, 9.17) is 37.9 Å². The Balaban J connectivity index is 1.36. The highest BCUT2D eigenvalue weighted by Gasteiger charge is 2.78. The second kappa shape index (κ2) is 24.2. The van der Waals surface area contributed by atoms with Crippen LogP contribution in [0.4, 0.5) is 9.59 Å². The van der Waals surface area contributed by atoms with Gasteiger partial charge in [-0.3, -0.25) is 9.59 Å². The molecule has 20 heteroatoms. The van der Waals surface area contributed by atoms with Gasteiger partial charge in [0.15, 0.2) is 11.4 Å². The molecule has 2 saturated carbocycles. The summed E-state index contributed by atoms with van der Waals surface area (Å²) in [5.41, 5.74) is -7.14. The smallest absolute Gasteiger partial charge is 0.410 e. The number of fused-ring (bicyclic) bond motifs is 5. The molecule has 418 valence electrons. The van der Waals surface area contributed by atoms with Gasteiger partial charge in [-0.25, -0.2) is 24.2 Å². The highest BCUT2D eigenvalue weighted by molar-refractivity contribution is 8.76. The second-order valence-corrected chi connectivity index (χ2v) is 24.2. The number of rotatable bonds is 19. The van der Waals surface area contributed by atoms with Crippen LogP contribution in [-0.4, -0.2) is 144 Å². The van der Waals surface area contributed by atoms with Crippen LogP contribution in [0.5, 0.6) is 0 Å². The molecule has 0 radical (unpaired) electrons. The molecule has 18 nitrogen and oxygen atoms in total. The van der Waals surface area contributed by atoms with Crippen LogP contribution < -0.4 is 5.32 Å². The molecular formula is C57H73N3O15S2. The molecule has 1 saturated heterocycles. The third-order valence-electron chi connectivity index (χ3n) is 15.5. The summed E-state index contributed by atoms with van der Waals surface area (Å²) in [6.45, 7) is 15.2. The predicted molar refractivity (Wildman–Crippen MR) is 286 cm³/mol. The molecule has 11 atom stereocenters. The first-order chi connectivity index (χ1) is 36.5. The van der Waals surface area contributed by atoms with Crippen molar-refractivity contribution in [1.82, 2.24) is 15.2 Å². The Kier molecular flexibility index (Phi) is 18.6. The minimum Gasteiger partial charge on any atom is -0.455 e. The predicted octanol–water partition coefficient (Wildman–Crippen LogP) is 8.65. The fourth-order valence-corrected chi connectivity index (χ4v) is 13.5. The number of carbonyl (C=O) groups is 6. The van der Waals surface area contributed by atoms with Gasteiger partial charge in [0.05, 0.1) is 29.6 Å². The van der Waals surface area contributed by atoms with E-state index in [2.05, 4.69) is 10.3 Å². The maximum atomic E-state index is 15.9. The highest BCUT2D eigenvalue weighted by Crippen LogP contribution is 2.65. The van der Waals surface area contributed by atoms with Crippen molar-refractivity contribution in [2.45, 2.75) is 152 Å². The summed E-state index contributed by atoms with van der Waals surface area (Å²) in [5, 5.41) is 17.7. The largest absolute Gasteiger partial charge is 0.455 e. The summed E-state index contributed by atoms with van der Waals surface area (Å²) in [6, 6.07) is 20.7. The van der Waals surface area contributed by atoms with Crippen LogP contribution in [0.2, 0.25) is 0 Å². The monoisotopic (exact) mass is 1100 g/mol. The van der Waals surface area contributed by atoms with Crippen molar-refractivity contribution in [3.05, 3.63) is 107 Å². The number of amides is 2. The third-order valence-corrected chi connectivity index (χ3v) is 17.8. The number of ketones is 1. The van der Waals surface area contributed by atoms with Gasteiger partial charge in [0.25, 0.3) is 0 Å². The molecule has 5 unspecified atom stereocenters. The van der Waals surface area contributed by atoms with E-state index in [1.54, 1.807) is 115 Å². The molecule has 2 aromatic carbocycles. The van der Waals surface area contributed by atoms with Gasteiger partial charge >= 0.3 is 30.1 Å². The number of pyridine rings is 1. The van der Waals surface area contributed by atoms with Crippen LogP contribution in [-0.2, 0) is 52.3 Å². The van der Waals surface area contributed by atoms with Gasteiger partial charge in [0, 0.05) is 64.4 Å². The van der Waals surface area contributed by atoms with Gasteiger partial charge in [-0.1, -0.05) is 92.6 Å². The molecule has 2 amide bonds. The van der Waals surface area contributed by atoms with E-state index < -0.39 is 119 Å². The Bertz CT molecular complexity index is 2640. The molecule has 77 heavy (non-hydrogen) atoms. The molecule has 2 N–H and O–H groups in total. The molecule has 4 aliphatic rings. The number of aliphatic hydroxyl groups is 1. The molecule has 0 spiro atoms. The normalized spacial score (nSPS) is 28.1. The number of nitrogens with zero attached hydrogens (tertiary/aromatic N) is 2. The van der Waals surface area contributed by atoms with Crippen LogP contribution in [0.1, 0.15) is 110 Å². The average molecular weight is 1100 g/mol. The first-order valence-corrected chi connectivity index (χ1v) is 28.3. The lowest BCUT2D eigenvalue weighted by atomic mass is 9.44. The van der Waals surface area contributed by atoms with Crippen LogP contribution in [0, 0.1) is 16.7 Å². The Morgan fingerprint density at radius 1 is 0.935 bits per heavy atom. The first-order valence-electron chi connectivity index (χ1n) is 26.0. The third kappa shape index (κ3) is 12.1. The number of methoxy groups -OCH3 is 2. The number of nitrogens with one attached hydrogen (secondary N) is 1. The number of unbranched alkanes of at least 4 members (excludes halogenated alkanes) is 1. The van der Waals surface area contributed by atoms with Crippen molar-refractivity contribution in [1.29, 1.82) is 0 Å². The maximum absolute atomic E-state index is 15.9. The number of benzene rings is 2. The number of hydrogen-bond acceptors (Lipinski definition) is 18. The van der Waals surface area contributed by atoms with Crippen molar-refractivity contribution in [3.8, 4) is 0 Å². The summed E-state index contributed by atoms with van der Waals surface area (Å²) < 4.78 is 49.9. The van der Waals surface area contributed by atoms with E-state index in [9.17, 15) is 24.3 Å². The average Bonchev–Trinajstić information content (AvgIpc) is 3.57. The maximum Gasteiger partial charge on any atom is 0.410 e.